The molecular formula is C34H46N2O5. The molecule has 1 amide bonds. The molecule has 4 bridgehead atoms. The second-order valence-corrected chi connectivity index (χ2v) is 12.9. The average molecular weight is 563 g/mol. The predicted octanol–water partition coefficient (Wildman–Crippen LogP) is 5.20. The fourth-order valence-electron chi connectivity index (χ4n) is 7.75. The molecule has 6 rings (SSSR count). The SMILES string of the molecule is COc1cccc(CCc2ccccc2OC[C@@H](CN(C)C)OC(=O)CCC(=O)NC23CC4CC(CC(C4)C2)C3)c1. The Bertz CT molecular complexity index is 1160. The molecule has 4 fully saturated rings. The molecule has 0 aliphatic heterocycles. The van der Waals surface area contributed by atoms with E-state index < -0.39 is 6.10 Å². The van der Waals surface area contributed by atoms with Crippen molar-refractivity contribution in [3.05, 3.63) is 59.7 Å². The number of likely N-dealkylation sites (N-methyl/N-ethyl adjacent to an activating group) is 1. The van der Waals surface area contributed by atoms with Gasteiger partial charge in [0.15, 0.2) is 0 Å². The summed E-state index contributed by atoms with van der Waals surface area (Å²) in [6, 6.07) is 16.1. The van der Waals surface area contributed by atoms with E-state index in [0.717, 1.165) is 66.9 Å². The minimum absolute atomic E-state index is 0.0192. The molecule has 1 atom stereocenters. The molecule has 4 aliphatic rings. The van der Waals surface area contributed by atoms with Crippen LogP contribution in [0.4, 0.5) is 0 Å². The van der Waals surface area contributed by atoms with Gasteiger partial charge in [0.2, 0.25) is 5.91 Å². The zero-order valence-electron chi connectivity index (χ0n) is 24.9. The number of benzene rings is 2. The van der Waals surface area contributed by atoms with Crippen LogP contribution in [0.3, 0.4) is 0 Å². The summed E-state index contributed by atoms with van der Waals surface area (Å²) in [5.41, 5.74) is 2.27. The quantitative estimate of drug-likeness (QED) is 0.319. The molecular weight excluding hydrogens is 516 g/mol. The number of rotatable bonds is 14. The van der Waals surface area contributed by atoms with Crippen molar-refractivity contribution >= 4 is 11.9 Å². The lowest BCUT2D eigenvalue weighted by Gasteiger charge is -2.56. The van der Waals surface area contributed by atoms with Crippen molar-refractivity contribution < 1.29 is 23.8 Å². The number of amides is 1. The van der Waals surface area contributed by atoms with Gasteiger partial charge >= 0.3 is 5.97 Å². The molecule has 222 valence electrons. The number of nitrogens with one attached hydrogen (secondary N) is 1. The van der Waals surface area contributed by atoms with Gasteiger partial charge in [0.05, 0.1) is 13.5 Å². The van der Waals surface area contributed by atoms with Crippen molar-refractivity contribution in [2.24, 2.45) is 17.8 Å². The van der Waals surface area contributed by atoms with E-state index in [1.54, 1.807) is 7.11 Å². The first-order valence-corrected chi connectivity index (χ1v) is 15.3. The van der Waals surface area contributed by atoms with E-state index in [-0.39, 0.29) is 36.9 Å². The highest BCUT2D eigenvalue weighted by Gasteiger charge is 2.51. The minimum Gasteiger partial charge on any atom is -0.497 e. The number of ether oxygens (including phenoxy) is 3. The van der Waals surface area contributed by atoms with Gasteiger partial charge in [-0.3, -0.25) is 9.59 Å². The van der Waals surface area contributed by atoms with Crippen LogP contribution in [0, 0.1) is 17.8 Å². The maximum Gasteiger partial charge on any atom is 0.306 e. The summed E-state index contributed by atoms with van der Waals surface area (Å²) in [6.07, 6.45) is 8.84. The summed E-state index contributed by atoms with van der Waals surface area (Å²) in [5.74, 6) is 3.58. The van der Waals surface area contributed by atoms with Gasteiger partial charge in [0, 0.05) is 18.5 Å². The number of esters is 1. The first-order valence-electron chi connectivity index (χ1n) is 15.3. The number of hydrogen-bond donors (Lipinski definition) is 1. The minimum atomic E-state index is -0.435. The zero-order valence-corrected chi connectivity index (χ0v) is 24.9. The first kappa shape index (κ1) is 29.4. The van der Waals surface area contributed by atoms with E-state index in [4.69, 9.17) is 14.2 Å². The highest BCUT2D eigenvalue weighted by atomic mass is 16.6. The fraction of sp³-hybridized carbons (Fsp3) is 0.588. The molecule has 7 nitrogen and oxygen atoms in total. The topological polar surface area (TPSA) is 77.1 Å². The Morgan fingerprint density at radius 2 is 1.66 bits per heavy atom. The van der Waals surface area contributed by atoms with E-state index in [0.29, 0.717) is 6.54 Å². The van der Waals surface area contributed by atoms with E-state index in [1.807, 2.05) is 49.3 Å². The Kier molecular flexibility index (Phi) is 9.53. The zero-order chi connectivity index (χ0) is 28.8. The van der Waals surface area contributed by atoms with Crippen molar-refractivity contribution in [3.8, 4) is 11.5 Å². The average Bonchev–Trinajstić information content (AvgIpc) is 2.93. The monoisotopic (exact) mass is 562 g/mol. The molecule has 7 heteroatoms. The van der Waals surface area contributed by atoms with Crippen LogP contribution in [0.5, 0.6) is 11.5 Å². The molecule has 0 radical (unpaired) electrons. The summed E-state index contributed by atoms with van der Waals surface area (Å²) >= 11 is 0. The van der Waals surface area contributed by atoms with Crippen LogP contribution in [-0.2, 0) is 27.2 Å². The molecule has 0 aromatic heterocycles. The van der Waals surface area contributed by atoms with E-state index in [9.17, 15) is 9.59 Å². The molecule has 2 aromatic carbocycles. The third-order valence-electron chi connectivity index (χ3n) is 9.08. The maximum atomic E-state index is 12.9. The predicted molar refractivity (Wildman–Crippen MR) is 159 cm³/mol. The van der Waals surface area contributed by atoms with Crippen molar-refractivity contribution in [1.29, 1.82) is 0 Å². The molecule has 4 aliphatic carbocycles. The fourth-order valence-corrected chi connectivity index (χ4v) is 7.75. The molecule has 0 heterocycles. The smallest absolute Gasteiger partial charge is 0.306 e. The molecule has 1 N–H and O–H groups in total. The van der Waals surface area contributed by atoms with Crippen molar-refractivity contribution in [3.63, 3.8) is 0 Å². The third kappa shape index (κ3) is 8.03. The highest BCUT2D eigenvalue weighted by Crippen LogP contribution is 2.55. The standard InChI is InChI=1S/C34H46N2O5/c1-36(2)22-30(23-40-31-10-5-4-8-28(31)12-11-24-7-6-9-29(18-24)39-3)41-33(38)14-13-32(37)35-34-19-25-15-26(20-34)17-27(16-25)21-34/h4-10,18,25-27,30H,11-17,19-23H2,1-3H3,(H,35,37)/t25?,26?,27?,30-,34?/m1/s1. The van der Waals surface area contributed by atoms with E-state index >= 15 is 0 Å². The second kappa shape index (κ2) is 13.3. The van der Waals surface area contributed by atoms with Gasteiger partial charge < -0.3 is 24.4 Å². The number of hydrogen-bond acceptors (Lipinski definition) is 6. The van der Waals surface area contributed by atoms with Crippen LogP contribution in [0.25, 0.3) is 0 Å². The van der Waals surface area contributed by atoms with Crippen molar-refractivity contribution in [2.75, 3.05) is 34.4 Å². The van der Waals surface area contributed by atoms with E-state index in [2.05, 4.69) is 23.5 Å². The van der Waals surface area contributed by atoms with Crippen LogP contribution in [0.1, 0.15) is 62.5 Å². The summed E-state index contributed by atoms with van der Waals surface area (Å²) < 4.78 is 17.4. The van der Waals surface area contributed by atoms with Gasteiger partial charge in [-0.1, -0.05) is 30.3 Å². The number of methoxy groups -OCH3 is 1. The molecule has 0 saturated heterocycles. The van der Waals surface area contributed by atoms with Crippen LogP contribution in [0.15, 0.2) is 48.5 Å². The lowest BCUT2D eigenvalue weighted by atomic mass is 9.53. The van der Waals surface area contributed by atoms with E-state index in [1.165, 1.54) is 24.8 Å². The van der Waals surface area contributed by atoms with Crippen LogP contribution < -0.4 is 14.8 Å². The summed E-state index contributed by atoms with van der Waals surface area (Å²) in [6.45, 7) is 0.788. The number of nitrogens with zero attached hydrogens (tertiary/aromatic N) is 1. The van der Waals surface area contributed by atoms with Crippen molar-refractivity contribution in [1.82, 2.24) is 10.2 Å². The van der Waals surface area contributed by atoms with Crippen LogP contribution in [0.2, 0.25) is 0 Å². The summed E-state index contributed by atoms with van der Waals surface area (Å²) in [7, 11) is 5.57. The third-order valence-corrected chi connectivity index (χ3v) is 9.08. The number of carbonyl (C=O) groups excluding carboxylic acids is 2. The second-order valence-electron chi connectivity index (χ2n) is 12.9. The Morgan fingerprint density at radius 3 is 2.34 bits per heavy atom. The Balaban J connectivity index is 1.10. The number of para-hydroxylation sites is 1. The lowest BCUT2D eigenvalue weighted by molar-refractivity contribution is -0.152. The van der Waals surface area contributed by atoms with Crippen LogP contribution in [-0.4, -0.2) is 62.8 Å². The van der Waals surface area contributed by atoms with Gasteiger partial charge in [0.25, 0.3) is 0 Å². The number of carbonyl (C=O) groups is 2. The lowest BCUT2D eigenvalue weighted by Crippen LogP contribution is -2.59. The highest BCUT2D eigenvalue weighted by molar-refractivity contribution is 5.82. The van der Waals surface area contributed by atoms with Gasteiger partial charge in [0.1, 0.15) is 24.2 Å². The Morgan fingerprint density at radius 1 is 0.951 bits per heavy atom. The molecule has 4 saturated carbocycles. The largest absolute Gasteiger partial charge is 0.497 e. The summed E-state index contributed by atoms with van der Waals surface area (Å²) in [4.78, 5) is 27.7. The normalized spacial score (nSPS) is 25.1. The van der Waals surface area contributed by atoms with Gasteiger partial charge in [-0.25, -0.2) is 0 Å². The van der Waals surface area contributed by atoms with Crippen LogP contribution >= 0.6 is 0 Å². The van der Waals surface area contributed by atoms with Gasteiger partial charge in [-0.15, -0.1) is 0 Å². The number of aryl methyl sites for hydroxylation is 2. The van der Waals surface area contributed by atoms with Gasteiger partial charge in [-0.2, -0.15) is 0 Å². The Labute approximate surface area is 244 Å². The summed E-state index contributed by atoms with van der Waals surface area (Å²) in [5, 5.41) is 3.36. The molecule has 41 heavy (non-hydrogen) atoms. The molecule has 2 aromatic rings. The first-order chi connectivity index (χ1) is 19.8. The molecule has 0 unspecified atom stereocenters. The van der Waals surface area contributed by atoms with Gasteiger partial charge in [-0.05, 0) is 113 Å². The van der Waals surface area contributed by atoms with Crippen molar-refractivity contribution in [2.45, 2.75) is 75.9 Å². The molecule has 0 spiro atoms. The Hall–Kier alpha value is -3.06. The maximum absolute atomic E-state index is 12.9.